The molecule has 98 valence electrons. The highest BCUT2D eigenvalue weighted by molar-refractivity contribution is 7.81. The Morgan fingerprint density at radius 3 is 2.21 bits per heavy atom. The fourth-order valence-electron chi connectivity index (χ4n) is 1.94. The quantitative estimate of drug-likeness (QED) is 0.783. The second kappa shape index (κ2) is 6.34. The normalized spacial score (nSPS) is 10.0. The Hall–Kier alpha value is -1.87. The van der Waals surface area contributed by atoms with Crippen molar-refractivity contribution < 1.29 is 4.74 Å². The molecule has 0 saturated heterocycles. The Bertz CT molecular complexity index is 536. The molecule has 19 heavy (non-hydrogen) atoms. The summed E-state index contributed by atoms with van der Waals surface area (Å²) in [7, 11) is 1.66. The van der Waals surface area contributed by atoms with Crippen LogP contribution in [-0.4, -0.2) is 18.6 Å². The minimum absolute atomic E-state index is 0.830. The van der Waals surface area contributed by atoms with Crippen molar-refractivity contribution in [2.45, 2.75) is 6.92 Å². The van der Waals surface area contributed by atoms with Gasteiger partial charge < -0.3 is 9.64 Å². The van der Waals surface area contributed by atoms with Crippen LogP contribution in [0.1, 0.15) is 12.5 Å². The molecule has 0 unspecified atom stereocenters. The summed E-state index contributed by atoms with van der Waals surface area (Å²) in [5.41, 5.74) is 2.15. The molecule has 0 radical (unpaired) electrons. The van der Waals surface area contributed by atoms with Crippen LogP contribution in [0.5, 0.6) is 5.75 Å². The van der Waals surface area contributed by atoms with E-state index in [0.717, 1.165) is 28.5 Å². The second-order valence-electron chi connectivity index (χ2n) is 4.11. The fraction of sp³-hybridized carbons (Fsp3) is 0.188. The summed E-state index contributed by atoms with van der Waals surface area (Å²) >= 11 is 5.59. The molecule has 2 aromatic carbocycles. The molecular weight excluding hydrogens is 254 g/mol. The smallest absolute Gasteiger partial charge is 0.118 e. The zero-order valence-corrected chi connectivity index (χ0v) is 12.0. The Balaban J connectivity index is 2.25. The Kier molecular flexibility index (Phi) is 4.53. The Labute approximate surface area is 119 Å². The first-order valence-electron chi connectivity index (χ1n) is 6.27. The van der Waals surface area contributed by atoms with E-state index in [9.17, 15) is 0 Å². The number of para-hydroxylation sites is 1. The molecule has 0 aliphatic heterocycles. The van der Waals surface area contributed by atoms with E-state index in [1.165, 1.54) is 0 Å². The molecule has 2 aromatic rings. The third-order valence-corrected chi connectivity index (χ3v) is 3.42. The Morgan fingerprint density at radius 2 is 1.68 bits per heavy atom. The van der Waals surface area contributed by atoms with Gasteiger partial charge in [0, 0.05) is 17.8 Å². The molecule has 0 N–H and O–H groups in total. The van der Waals surface area contributed by atoms with Crippen LogP contribution in [0.25, 0.3) is 0 Å². The molecule has 0 heterocycles. The number of thiocarbonyl (C=S) groups is 1. The van der Waals surface area contributed by atoms with Gasteiger partial charge in [0.05, 0.1) is 7.11 Å². The van der Waals surface area contributed by atoms with Crippen LogP contribution in [0.3, 0.4) is 0 Å². The van der Waals surface area contributed by atoms with E-state index in [2.05, 4.69) is 24.0 Å². The van der Waals surface area contributed by atoms with Crippen molar-refractivity contribution in [3.05, 3.63) is 60.2 Å². The molecule has 0 bridgehead atoms. The van der Waals surface area contributed by atoms with Gasteiger partial charge in [-0.25, -0.2) is 0 Å². The van der Waals surface area contributed by atoms with Gasteiger partial charge in [-0.3, -0.25) is 0 Å². The van der Waals surface area contributed by atoms with Gasteiger partial charge in [-0.1, -0.05) is 30.4 Å². The maximum absolute atomic E-state index is 5.59. The average Bonchev–Trinajstić information content (AvgIpc) is 2.49. The molecule has 0 spiro atoms. The summed E-state index contributed by atoms with van der Waals surface area (Å²) in [5.74, 6) is 0.842. The molecule has 0 aliphatic carbocycles. The lowest BCUT2D eigenvalue weighted by molar-refractivity contribution is 0.415. The number of nitrogens with zero attached hydrogens (tertiary/aromatic N) is 1. The van der Waals surface area contributed by atoms with E-state index in [4.69, 9.17) is 17.0 Å². The van der Waals surface area contributed by atoms with Crippen molar-refractivity contribution in [1.29, 1.82) is 0 Å². The van der Waals surface area contributed by atoms with E-state index < -0.39 is 0 Å². The van der Waals surface area contributed by atoms with Gasteiger partial charge in [0.25, 0.3) is 0 Å². The SMILES string of the molecule is CCN(C(=S)c1ccc(OC)cc1)c1ccccc1. The maximum atomic E-state index is 5.59. The minimum atomic E-state index is 0.830. The van der Waals surface area contributed by atoms with Crippen LogP contribution in [0.4, 0.5) is 5.69 Å². The molecule has 2 rings (SSSR count). The Morgan fingerprint density at radius 1 is 1.05 bits per heavy atom. The van der Waals surface area contributed by atoms with Crippen LogP contribution in [0.15, 0.2) is 54.6 Å². The highest BCUT2D eigenvalue weighted by Crippen LogP contribution is 2.19. The van der Waals surface area contributed by atoms with Crippen LogP contribution in [0.2, 0.25) is 0 Å². The van der Waals surface area contributed by atoms with Crippen molar-refractivity contribution >= 4 is 22.9 Å². The van der Waals surface area contributed by atoms with Gasteiger partial charge in [-0.05, 0) is 43.3 Å². The van der Waals surface area contributed by atoms with Gasteiger partial charge in [0.15, 0.2) is 0 Å². The number of hydrogen-bond donors (Lipinski definition) is 0. The summed E-state index contributed by atoms with van der Waals surface area (Å²) in [6.07, 6.45) is 0. The largest absolute Gasteiger partial charge is 0.497 e. The number of rotatable bonds is 4. The summed E-state index contributed by atoms with van der Waals surface area (Å²) in [4.78, 5) is 2.95. The van der Waals surface area contributed by atoms with Crippen LogP contribution in [-0.2, 0) is 0 Å². The molecule has 0 atom stereocenters. The molecule has 2 nitrogen and oxygen atoms in total. The van der Waals surface area contributed by atoms with Crippen molar-refractivity contribution in [2.75, 3.05) is 18.6 Å². The van der Waals surface area contributed by atoms with Gasteiger partial charge >= 0.3 is 0 Å². The predicted octanol–water partition coefficient (Wildman–Crippen LogP) is 3.90. The zero-order chi connectivity index (χ0) is 13.7. The lowest BCUT2D eigenvalue weighted by Gasteiger charge is -2.24. The topological polar surface area (TPSA) is 12.5 Å². The van der Waals surface area contributed by atoms with Gasteiger partial charge in [-0.2, -0.15) is 0 Å². The van der Waals surface area contributed by atoms with E-state index in [1.54, 1.807) is 7.11 Å². The third-order valence-electron chi connectivity index (χ3n) is 2.97. The number of anilines is 1. The van der Waals surface area contributed by atoms with Crippen LogP contribution >= 0.6 is 12.2 Å². The number of methoxy groups -OCH3 is 1. The molecule has 3 heteroatoms. The van der Waals surface area contributed by atoms with Crippen LogP contribution in [0, 0.1) is 0 Å². The summed E-state index contributed by atoms with van der Waals surface area (Å²) in [6.45, 7) is 2.94. The van der Waals surface area contributed by atoms with E-state index in [-0.39, 0.29) is 0 Å². The lowest BCUT2D eigenvalue weighted by atomic mass is 10.2. The van der Waals surface area contributed by atoms with Crippen molar-refractivity contribution in [3.8, 4) is 5.75 Å². The average molecular weight is 271 g/mol. The highest BCUT2D eigenvalue weighted by atomic mass is 32.1. The zero-order valence-electron chi connectivity index (χ0n) is 11.2. The molecule has 0 saturated carbocycles. The van der Waals surface area contributed by atoms with Gasteiger partial charge in [0.1, 0.15) is 10.7 Å². The first-order chi connectivity index (χ1) is 9.26. The van der Waals surface area contributed by atoms with Crippen molar-refractivity contribution in [3.63, 3.8) is 0 Å². The number of benzene rings is 2. The third kappa shape index (κ3) is 3.12. The highest BCUT2D eigenvalue weighted by Gasteiger charge is 2.11. The minimum Gasteiger partial charge on any atom is -0.497 e. The van der Waals surface area contributed by atoms with E-state index in [1.807, 2.05) is 42.5 Å². The molecule has 0 aromatic heterocycles. The van der Waals surface area contributed by atoms with Crippen LogP contribution < -0.4 is 9.64 Å². The van der Waals surface area contributed by atoms with E-state index >= 15 is 0 Å². The predicted molar refractivity (Wildman–Crippen MR) is 84.2 cm³/mol. The van der Waals surface area contributed by atoms with Gasteiger partial charge in [0.2, 0.25) is 0 Å². The number of hydrogen-bond acceptors (Lipinski definition) is 2. The second-order valence-corrected chi connectivity index (χ2v) is 4.50. The molecule has 0 amide bonds. The molecule has 0 aliphatic rings. The van der Waals surface area contributed by atoms with Crippen molar-refractivity contribution in [1.82, 2.24) is 0 Å². The first-order valence-corrected chi connectivity index (χ1v) is 6.68. The van der Waals surface area contributed by atoms with Crippen molar-refractivity contribution in [2.24, 2.45) is 0 Å². The van der Waals surface area contributed by atoms with Gasteiger partial charge in [-0.15, -0.1) is 0 Å². The monoisotopic (exact) mass is 271 g/mol. The summed E-state index contributed by atoms with van der Waals surface area (Å²) in [6, 6.07) is 18.0. The summed E-state index contributed by atoms with van der Waals surface area (Å²) in [5, 5.41) is 0. The molecular formula is C16H17NOS. The summed E-state index contributed by atoms with van der Waals surface area (Å²) < 4.78 is 5.16. The standard InChI is InChI=1S/C16H17NOS/c1-3-17(14-7-5-4-6-8-14)16(19)13-9-11-15(18-2)12-10-13/h4-12H,3H2,1-2H3. The molecule has 0 fully saturated rings. The lowest BCUT2D eigenvalue weighted by Crippen LogP contribution is -2.29. The maximum Gasteiger partial charge on any atom is 0.118 e. The van der Waals surface area contributed by atoms with E-state index in [0.29, 0.717) is 0 Å². The number of ether oxygens (including phenoxy) is 1. The first kappa shape index (κ1) is 13.6. The fourth-order valence-corrected chi connectivity index (χ4v) is 2.31.